The van der Waals surface area contributed by atoms with Crippen molar-refractivity contribution in [2.24, 2.45) is 5.73 Å². The Morgan fingerprint density at radius 1 is 1.24 bits per heavy atom. The lowest BCUT2D eigenvalue weighted by Gasteiger charge is -2.19. The number of nitrogens with two attached hydrogens (primary N) is 1. The number of amides is 5. The van der Waals surface area contributed by atoms with Crippen molar-refractivity contribution in [2.75, 3.05) is 17.6 Å². The van der Waals surface area contributed by atoms with Gasteiger partial charge >= 0.3 is 6.03 Å². The lowest BCUT2D eigenvalue weighted by molar-refractivity contribution is -0.134. The summed E-state index contributed by atoms with van der Waals surface area (Å²) in [7, 11) is 0. The zero-order valence-corrected chi connectivity index (χ0v) is 16.7. The molecule has 2 aromatic rings. The average molecular weight is 416 g/mol. The van der Waals surface area contributed by atoms with Gasteiger partial charge in [0, 0.05) is 4.90 Å². The number of hydrogen-bond acceptors (Lipinski definition) is 6. The zero-order valence-electron chi connectivity index (χ0n) is 15.9. The first-order chi connectivity index (χ1) is 13.7. The van der Waals surface area contributed by atoms with Crippen LogP contribution in [-0.4, -0.2) is 41.0 Å². The lowest BCUT2D eigenvalue weighted by atomic mass is 9.99. The topological polar surface area (TPSA) is 135 Å². The van der Waals surface area contributed by atoms with Gasteiger partial charge in [-0.3, -0.25) is 19.3 Å². The molecule has 1 aromatic heterocycles. The van der Waals surface area contributed by atoms with Crippen molar-refractivity contribution in [3.05, 3.63) is 47.9 Å². The monoisotopic (exact) mass is 416 g/mol. The number of nitrogens with one attached hydrogen (secondary N) is 2. The molecule has 9 nitrogen and oxygen atoms in total. The molecule has 0 radical (unpaired) electrons. The zero-order chi connectivity index (χ0) is 21.2. The summed E-state index contributed by atoms with van der Waals surface area (Å²) in [6.45, 7) is 2.79. The van der Waals surface area contributed by atoms with Gasteiger partial charge in [0.05, 0.1) is 11.4 Å². The standard InChI is InChI=1S/C19H20N4O5S/c1-11-7-8-14(28-11)19(2)17(26)23(18(27)22-19)9-16(25)21-12-5-3-4-6-13(12)29-10-15(20)24/h3-8H,9-10H2,1-2H3,(H2,20,24)(H,21,25)(H,22,27). The minimum Gasteiger partial charge on any atom is -0.463 e. The van der Waals surface area contributed by atoms with E-state index < -0.39 is 35.8 Å². The molecule has 1 aliphatic heterocycles. The molecule has 29 heavy (non-hydrogen) atoms. The highest BCUT2D eigenvalue weighted by molar-refractivity contribution is 8.00. The van der Waals surface area contributed by atoms with Gasteiger partial charge in [0.1, 0.15) is 18.1 Å². The van der Waals surface area contributed by atoms with Crippen molar-refractivity contribution < 1.29 is 23.6 Å². The van der Waals surface area contributed by atoms with Crippen molar-refractivity contribution >= 4 is 41.2 Å². The van der Waals surface area contributed by atoms with Crippen LogP contribution < -0.4 is 16.4 Å². The van der Waals surface area contributed by atoms with Gasteiger partial charge in [-0.2, -0.15) is 0 Å². The largest absolute Gasteiger partial charge is 0.463 e. The van der Waals surface area contributed by atoms with Crippen LogP contribution in [0.25, 0.3) is 0 Å². The maximum absolute atomic E-state index is 12.8. The minimum atomic E-state index is -1.37. The van der Waals surface area contributed by atoms with Crippen molar-refractivity contribution in [3.8, 4) is 0 Å². The first-order valence-electron chi connectivity index (χ1n) is 8.71. The molecule has 1 aliphatic rings. The molecular formula is C19H20N4O5S. The third-order valence-corrected chi connectivity index (χ3v) is 5.44. The van der Waals surface area contributed by atoms with Gasteiger partial charge in [-0.1, -0.05) is 12.1 Å². The van der Waals surface area contributed by atoms with E-state index in [-0.39, 0.29) is 5.75 Å². The van der Waals surface area contributed by atoms with Crippen molar-refractivity contribution in [2.45, 2.75) is 24.3 Å². The number of imide groups is 1. The minimum absolute atomic E-state index is 0.0564. The summed E-state index contributed by atoms with van der Waals surface area (Å²) in [4.78, 5) is 50.1. The maximum atomic E-state index is 12.8. The fourth-order valence-corrected chi connectivity index (χ4v) is 3.64. The second kappa shape index (κ2) is 8.00. The first kappa shape index (κ1) is 20.5. The molecule has 1 fully saturated rings. The number of carbonyl (C=O) groups excluding carboxylic acids is 4. The number of carbonyl (C=O) groups is 4. The molecule has 0 saturated carbocycles. The summed E-state index contributed by atoms with van der Waals surface area (Å²) in [6.07, 6.45) is 0. The Morgan fingerprint density at radius 3 is 2.62 bits per heavy atom. The number of hydrogen-bond donors (Lipinski definition) is 3. The van der Waals surface area contributed by atoms with Crippen LogP contribution in [0.5, 0.6) is 0 Å². The van der Waals surface area contributed by atoms with E-state index in [4.69, 9.17) is 10.2 Å². The first-order valence-corrected chi connectivity index (χ1v) is 9.70. The van der Waals surface area contributed by atoms with Crippen molar-refractivity contribution in [1.82, 2.24) is 10.2 Å². The van der Waals surface area contributed by atoms with Gasteiger partial charge < -0.3 is 20.8 Å². The Bertz CT molecular complexity index is 988. The highest BCUT2D eigenvalue weighted by atomic mass is 32.2. The van der Waals surface area contributed by atoms with E-state index in [2.05, 4.69) is 10.6 Å². The molecule has 1 atom stereocenters. The summed E-state index contributed by atoms with van der Waals surface area (Å²) >= 11 is 1.18. The van der Waals surface area contributed by atoms with Crippen LogP contribution in [0.3, 0.4) is 0 Å². The average Bonchev–Trinajstić information content (AvgIpc) is 3.19. The molecule has 10 heteroatoms. The summed E-state index contributed by atoms with van der Waals surface area (Å²) in [5.41, 5.74) is 4.25. The number of furan rings is 1. The Kier molecular flexibility index (Phi) is 5.64. The van der Waals surface area contributed by atoms with E-state index in [0.717, 1.165) is 4.90 Å². The van der Waals surface area contributed by atoms with Crippen LogP contribution in [0.15, 0.2) is 45.7 Å². The Balaban J connectivity index is 1.71. The summed E-state index contributed by atoms with van der Waals surface area (Å²) in [6, 6.07) is 9.48. The van der Waals surface area contributed by atoms with Crippen LogP contribution in [0.2, 0.25) is 0 Å². The number of rotatable bonds is 7. The Morgan fingerprint density at radius 2 is 1.97 bits per heavy atom. The van der Waals surface area contributed by atoms with Crippen molar-refractivity contribution in [1.29, 1.82) is 0 Å². The predicted molar refractivity (Wildman–Crippen MR) is 106 cm³/mol. The van der Waals surface area contributed by atoms with Crippen molar-refractivity contribution in [3.63, 3.8) is 0 Å². The summed E-state index contributed by atoms with van der Waals surface area (Å²) < 4.78 is 5.50. The molecule has 1 saturated heterocycles. The number of primary amides is 1. The molecule has 0 aliphatic carbocycles. The number of benzene rings is 1. The van der Waals surface area contributed by atoms with E-state index in [0.29, 0.717) is 22.1 Å². The molecule has 0 spiro atoms. The molecule has 152 valence electrons. The number of nitrogens with zero attached hydrogens (tertiary/aromatic N) is 1. The summed E-state index contributed by atoms with van der Waals surface area (Å²) in [5.74, 6) is -0.665. The molecule has 3 rings (SSSR count). The molecule has 5 amide bonds. The van der Waals surface area contributed by atoms with E-state index in [9.17, 15) is 19.2 Å². The second-order valence-corrected chi connectivity index (χ2v) is 7.67. The second-order valence-electron chi connectivity index (χ2n) is 6.66. The summed E-state index contributed by atoms with van der Waals surface area (Å²) in [5, 5.41) is 5.25. The third kappa shape index (κ3) is 4.27. The van der Waals surface area contributed by atoms with E-state index >= 15 is 0 Å². The number of para-hydroxylation sites is 1. The van der Waals surface area contributed by atoms with E-state index in [1.54, 1.807) is 43.3 Å². The fraction of sp³-hybridized carbons (Fsp3) is 0.263. The molecule has 0 bridgehead atoms. The SMILES string of the molecule is Cc1ccc(C2(C)NC(=O)N(CC(=O)Nc3ccccc3SCC(N)=O)C2=O)o1. The normalized spacial score (nSPS) is 18.6. The lowest BCUT2D eigenvalue weighted by Crippen LogP contribution is -2.41. The molecule has 4 N–H and O–H groups in total. The third-order valence-electron chi connectivity index (χ3n) is 4.34. The number of thioether (sulfide) groups is 1. The maximum Gasteiger partial charge on any atom is 0.325 e. The van der Waals surface area contributed by atoms with Crippen LogP contribution in [0.1, 0.15) is 18.4 Å². The number of anilines is 1. The molecule has 2 heterocycles. The molecule has 1 aromatic carbocycles. The number of aryl methyl sites for hydroxylation is 1. The van der Waals surface area contributed by atoms with Gasteiger partial charge in [-0.05, 0) is 38.1 Å². The van der Waals surface area contributed by atoms with Crippen LogP contribution >= 0.6 is 11.8 Å². The van der Waals surface area contributed by atoms with Crippen LogP contribution in [-0.2, 0) is 19.9 Å². The Hall–Kier alpha value is -3.27. The Labute approximate surface area is 171 Å². The van der Waals surface area contributed by atoms with E-state index in [1.807, 2.05) is 0 Å². The molecular weight excluding hydrogens is 396 g/mol. The van der Waals surface area contributed by atoms with Gasteiger partial charge in [-0.25, -0.2) is 4.79 Å². The highest BCUT2D eigenvalue weighted by Crippen LogP contribution is 2.30. The van der Waals surface area contributed by atoms with Gasteiger partial charge in [0.15, 0.2) is 5.54 Å². The highest BCUT2D eigenvalue weighted by Gasteiger charge is 2.51. The fourth-order valence-electron chi connectivity index (χ4n) is 2.89. The number of urea groups is 1. The predicted octanol–water partition coefficient (Wildman–Crippen LogP) is 1.57. The van der Waals surface area contributed by atoms with Crippen LogP contribution in [0.4, 0.5) is 10.5 Å². The molecule has 1 unspecified atom stereocenters. The quantitative estimate of drug-likeness (QED) is 0.463. The van der Waals surface area contributed by atoms with Gasteiger partial charge in [0.25, 0.3) is 5.91 Å². The van der Waals surface area contributed by atoms with E-state index in [1.165, 1.54) is 18.7 Å². The van der Waals surface area contributed by atoms with Crippen LogP contribution in [0, 0.1) is 6.92 Å². The van der Waals surface area contributed by atoms with Gasteiger partial charge in [-0.15, -0.1) is 11.8 Å². The smallest absolute Gasteiger partial charge is 0.325 e. The van der Waals surface area contributed by atoms with Gasteiger partial charge in [0.2, 0.25) is 11.8 Å².